The van der Waals surface area contributed by atoms with Crippen LogP contribution in [0.25, 0.3) is 11.0 Å². The van der Waals surface area contributed by atoms with E-state index in [4.69, 9.17) is 16.7 Å². The summed E-state index contributed by atoms with van der Waals surface area (Å²) < 4.78 is 61.1. The fourth-order valence-corrected chi connectivity index (χ4v) is 3.01. The average molecular weight is 421 g/mol. The van der Waals surface area contributed by atoms with Gasteiger partial charge in [-0.15, -0.1) is 0 Å². The summed E-state index contributed by atoms with van der Waals surface area (Å²) >= 11 is 5.81. The van der Waals surface area contributed by atoms with E-state index in [0.29, 0.717) is 10.2 Å². The normalized spacial score (nSPS) is 12.5. The summed E-state index contributed by atoms with van der Waals surface area (Å²) in [6.07, 6.45) is -3.25. The lowest BCUT2D eigenvalue weighted by Gasteiger charge is -2.09. The summed E-state index contributed by atoms with van der Waals surface area (Å²) in [5.41, 5.74) is 0.632. The molecule has 3 N–H and O–H groups in total. The number of rotatable bonds is 5. The number of halogens is 4. The van der Waals surface area contributed by atoms with E-state index in [1.165, 1.54) is 18.3 Å². The molecule has 0 saturated carbocycles. The summed E-state index contributed by atoms with van der Waals surface area (Å²) in [7, 11) is -3.79. The first-order valence-electron chi connectivity index (χ1n) is 7.34. The molecule has 3 aromatic rings. The van der Waals surface area contributed by atoms with Crippen LogP contribution in [0.4, 0.5) is 19.0 Å². The number of benzene rings is 1. The van der Waals surface area contributed by atoms with E-state index in [-0.39, 0.29) is 33.6 Å². The Labute approximate surface area is 156 Å². The average Bonchev–Trinajstić information content (AvgIpc) is 2.93. The number of hydrogen-bond acceptors (Lipinski definition) is 6. The Hall–Kier alpha value is -2.44. The number of primary sulfonamides is 1. The maximum absolute atomic E-state index is 12.6. The van der Waals surface area contributed by atoms with Crippen molar-refractivity contribution in [1.29, 1.82) is 0 Å². The topological polar surface area (TPSA) is 116 Å². The van der Waals surface area contributed by atoms with Gasteiger partial charge in [0, 0.05) is 6.54 Å². The second-order valence-corrected chi connectivity index (χ2v) is 7.44. The van der Waals surface area contributed by atoms with Crippen LogP contribution in [0.3, 0.4) is 0 Å². The number of aromatic nitrogens is 4. The lowest BCUT2D eigenvalue weighted by Crippen LogP contribution is -2.19. The van der Waals surface area contributed by atoms with Crippen molar-refractivity contribution in [2.24, 2.45) is 5.14 Å². The molecular weight excluding hydrogens is 409 g/mol. The minimum atomic E-state index is -4.46. The van der Waals surface area contributed by atoms with Crippen LogP contribution in [0.5, 0.6) is 0 Å². The zero-order valence-corrected chi connectivity index (χ0v) is 15.0. The summed E-state index contributed by atoms with van der Waals surface area (Å²) in [6, 6.07) is 5.77. The van der Waals surface area contributed by atoms with Crippen LogP contribution in [0.1, 0.15) is 5.56 Å². The standard InChI is InChI=1S/C14H12ClF3N6O2S/c15-13-22-11(10-6-21-24(12(10)23-13)7-14(16,17)18)20-5-8-1-3-9(4-2-8)27(19,25)26/h1-4,6H,5,7H2,(H2,19,25,26)(H,20,22,23). The minimum absolute atomic E-state index is 0.0350. The van der Waals surface area contributed by atoms with Gasteiger partial charge in [0.05, 0.1) is 16.5 Å². The van der Waals surface area contributed by atoms with Gasteiger partial charge in [-0.25, -0.2) is 18.2 Å². The van der Waals surface area contributed by atoms with Crippen LogP contribution in [0.15, 0.2) is 35.4 Å². The molecule has 27 heavy (non-hydrogen) atoms. The molecule has 0 radical (unpaired) electrons. The van der Waals surface area contributed by atoms with E-state index in [1.54, 1.807) is 12.1 Å². The molecule has 3 rings (SSSR count). The third kappa shape index (κ3) is 4.64. The second-order valence-electron chi connectivity index (χ2n) is 5.54. The van der Waals surface area contributed by atoms with E-state index in [9.17, 15) is 21.6 Å². The molecule has 0 aliphatic rings. The first-order valence-corrected chi connectivity index (χ1v) is 9.27. The molecule has 13 heteroatoms. The fourth-order valence-electron chi connectivity index (χ4n) is 2.33. The zero-order valence-electron chi connectivity index (χ0n) is 13.4. The van der Waals surface area contributed by atoms with Crippen LogP contribution < -0.4 is 10.5 Å². The molecule has 2 aromatic heterocycles. The van der Waals surface area contributed by atoms with Crippen LogP contribution in [-0.4, -0.2) is 34.3 Å². The van der Waals surface area contributed by atoms with E-state index in [2.05, 4.69) is 20.4 Å². The maximum atomic E-state index is 12.6. The molecule has 0 aliphatic heterocycles. The highest BCUT2D eigenvalue weighted by Gasteiger charge is 2.30. The highest BCUT2D eigenvalue weighted by Crippen LogP contribution is 2.25. The van der Waals surface area contributed by atoms with Gasteiger partial charge in [0.15, 0.2) is 5.65 Å². The van der Waals surface area contributed by atoms with Gasteiger partial charge in [0.2, 0.25) is 15.3 Å². The number of hydrogen-bond donors (Lipinski definition) is 2. The summed E-state index contributed by atoms with van der Waals surface area (Å²) in [6.45, 7) is -1.10. The van der Waals surface area contributed by atoms with Gasteiger partial charge in [-0.3, -0.25) is 0 Å². The van der Waals surface area contributed by atoms with Crippen molar-refractivity contribution in [3.05, 3.63) is 41.3 Å². The molecule has 0 amide bonds. The summed E-state index contributed by atoms with van der Waals surface area (Å²) in [5.74, 6) is 0.203. The van der Waals surface area contributed by atoms with Crippen molar-refractivity contribution in [3.8, 4) is 0 Å². The zero-order chi connectivity index (χ0) is 19.8. The SMILES string of the molecule is NS(=O)(=O)c1ccc(CNc2nc(Cl)nc3c2cnn3CC(F)(F)F)cc1. The van der Waals surface area contributed by atoms with Gasteiger partial charge in [-0.1, -0.05) is 12.1 Å². The highest BCUT2D eigenvalue weighted by molar-refractivity contribution is 7.89. The molecule has 0 bridgehead atoms. The van der Waals surface area contributed by atoms with Gasteiger partial charge in [-0.2, -0.15) is 28.2 Å². The van der Waals surface area contributed by atoms with E-state index in [0.717, 1.165) is 0 Å². The fraction of sp³-hybridized carbons (Fsp3) is 0.214. The second kappa shape index (κ2) is 6.94. The van der Waals surface area contributed by atoms with Crippen molar-refractivity contribution < 1.29 is 21.6 Å². The Morgan fingerprint density at radius 2 is 1.85 bits per heavy atom. The van der Waals surface area contributed by atoms with E-state index < -0.39 is 22.7 Å². The maximum Gasteiger partial charge on any atom is 0.408 e. The van der Waals surface area contributed by atoms with Crippen LogP contribution >= 0.6 is 11.6 Å². The van der Waals surface area contributed by atoms with Crippen molar-refractivity contribution >= 4 is 38.5 Å². The lowest BCUT2D eigenvalue weighted by atomic mass is 10.2. The number of anilines is 1. The number of nitrogens with one attached hydrogen (secondary N) is 1. The Morgan fingerprint density at radius 3 is 2.44 bits per heavy atom. The van der Waals surface area contributed by atoms with Crippen molar-refractivity contribution in [2.45, 2.75) is 24.2 Å². The van der Waals surface area contributed by atoms with Gasteiger partial charge >= 0.3 is 6.18 Å². The van der Waals surface area contributed by atoms with Gasteiger partial charge < -0.3 is 5.32 Å². The number of nitrogens with zero attached hydrogens (tertiary/aromatic N) is 4. The van der Waals surface area contributed by atoms with Crippen LogP contribution in [0, 0.1) is 0 Å². The lowest BCUT2D eigenvalue weighted by molar-refractivity contribution is -0.141. The molecule has 1 aromatic carbocycles. The molecule has 2 heterocycles. The van der Waals surface area contributed by atoms with Crippen molar-refractivity contribution in [2.75, 3.05) is 5.32 Å². The molecule has 8 nitrogen and oxygen atoms in total. The number of alkyl halides is 3. The molecule has 0 saturated heterocycles. The van der Waals surface area contributed by atoms with Crippen molar-refractivity contribution in [3.63, 3.8) is 0 Å². The Morgan fingerprint density at radius 1 is 1.19 bits per heavy atom. The smallest absolute Gasteiger partial charge is 0.365 e. The quantitative estimate of drug-likeness (QED) is 0.612. The predicted octanol–water partition coefficient (Wildman–Crippen LogP) is 2.30. The Kier molecular flexibility index (Phi) is 4.97. The number of fused-ring (bicyclic) bond motifs is 1. The summed E-state index contributed by atoms with van der Waals surface area (Å²) in [4.78, 5) is 7.75. The monoisotopic (exact) mass is 420 g/mol. The first kappa shape index (κ1) is 19.3. The molecule has 0 unspecified atom stereocenters. The molecule has 144 valence electrons. The van der Waals surface area contributed by atoms with Crippen molar-refractivity contribution in [1.82, 2.24) is 19.7 Å². The van der Waals surface area contributed by atoms with Crippen LogP contribution in [0.2, 0.25) is 5.28 Å². The largest absolute Gasteiger partial charge is 0.408 e. The van der Waals surface area contributed by atoms with E-state index in [1.807, 2.05) is 0 Å². The number of sulfonamides is 1. The van der Waals surface area contributed by atoms with Gasteiger partial charge in [0.25, 0.3) is 0 Å². The first-order chi connectivity index (χ1) is 12.5. The predicted molar refractivity (Wildman–Crippen MR) is 91.5 cm³/mol. The number of nitrogens with two attached hydrogens (primary N) is 1. The molecule has 0 fully saturated rings. The minimum Gasteiger partial charge on any atom is -0.365 e. The molecule has 0 atom stereocenters. The Bertz CT molecular complexity index is 1080. The molecule has 0 spiro atoms. The Balaban J connectivity index is 1.85. The van der Waals surface area contributed by atoms with Gasteiger partial charge in [0.1, 0.15) is 12.4 Å². The third-order valence-electron chi connectivity index (χ3n) is 3.51. The third-order valence-corrected chi connectivity index (χ3v) is 4.61. The van der Waals surface area contributed by atoms with E-state index >= 15 is 0 Å². The molecular formula is C14H12ClF3N6O2S. The molecule has 0 aliphatic carbocycles. The summed E-state index contributed by atoms with van der Waals surface area (Å²) in [5, 5.41) is 11.7. The van der Waals surface area contributed by atoms with Crippen LogP contribution in [-0.2, 0) is 23.1 Å². The highest BCUT2D eigenvalue weighted by atomic mass is 35.5. The van der Waals surface area contributed by atoms with Gasteiger partial charge in [-0.05, 0) is 29.3 Å².